The minimum absolute atomic E-state index is 0.0340. The fourth-order valence-electron chi connectivity index (χ4n) is 1.49. The van der Waals surface area contributed by atoms with Crippen LogP contribution < -0.4 is 0 Å². The van der Waals surface area contributed by atoms with Crippen molar-refractivity contribution in [2.45, 2.75) is 32.8 Å². The first kappa shape index (κ1) is 16.6. The maximum Gasteiger partial charge on any atom is 0.306 e. The van der Waals surface area contributed by atoms with Crippen molar-refractivity contribution in [3.8, 4) is 0 Å². The zero-order valence-electron chi connectivity index (χ0n) is 11.7. The number of benzene rings is 1. The summed E-state index contributed by atoms with van der Waals surface area (Å²) >= 11 is 0. The van der Waals surface area contributed by atoms with Crippen LogP contribution in [0.5, 0.6) is 0 Å². The summed E-state index contributed by atoms with van der Waals surface area (Å²) in [4.78, 5) is 32.7. The molecule has 1 aromatic rings. The summed E-state index contributed by atoms with van der Waals surface area (Å²) in [5.41, 5.74) is 0.456. The van der Waals surface area contributed by atoms with E-state index in [1.54, 1.807) is 6.07 Å². The van der Waals surface area contributed by atoms with Crippen molar-refractivity contribution in [1.29, 1.82) is 0 Å². The lowest BCUT2D eigenvalue weighted by Crippen LogP contribution is -2.10. The van der Waals surface area contributed by atoms with E-state index in [1.165, 1.54) is 18.2 Å². The topological polar surface area (TPSA) is 95.7 Å². The van der Waals surface area contributed by atoms with Crippen LogP contribution in [-0.4, -0.2) is 23.5 Å². The van der Waals surface area contributed by atoms with Gasteiger partial charge in [0, 0.05) is 12.1 Å². The molecule has 0 N–H and O–H groups in total. The molecule has 21 heavy (non-hydrogen) atoms. The highest BCUT2D eigenvalue weighted by Gasteiger charge is 2.10. The average molecular weight is 295 g/mol. The second kappa shape index (κ2) is 8.68. The number of nitro benzene ring substituents is 1. The Hall–Kier alpha value is -2.44. The molecule has 0 aliphatic rings. The van der Waals surface area contributed by atoms with Crippen molar-refractivity contribution in [1.82, 2.24) is 0 Å². The summed E-state index contributed by atoms with van der Waals surface area (Å²) in [6.07, 6.45) is 0.619. The largest absolute Gasteiger partial charge is 0.466 e. The van der Waals surface area contributed by atoms with Gasteiger partial charge < -0.3 is 9.47 Å². The third-order valence-corrected chi connectivity index (χ3v) is 2.52. The summed E-state index contributed by atoms with van der Waals surface area (Å²) in [6.45, 7) is 2.15. The zero-order chi connectivity index (χ0) is 15.7. The molecule has 0 aromatic heterocycles. The standard InChI is InChI=1S/C14H17NO6/c1-2-8-20-13(16)6-7-14(17)21-10-11-4-3-5-12(9-11)15(18)19/h3-5,9H,2,6-8,10H2,1H3. The van der Waals surface area contributed by atoms with E-state index in [0.717, 1.165) is 6.42 Å². The molecular formula is C14H17NO6. The lowest BCUT2D eigenvalue weighted by atomic mass is 10.2. The van der Waals surface area contributed by atoms with E-state index >= 15 is 0 Å². The van der Waals surface area contributed by atoms with Crippen molar-refractivity contribution < 1.29 is 24.0 Å². The Balaban J connectivity index is 2.34. The van der Waals surface area contributed by atoms with Gasteiger partial charge in [0.2, 0.25) is 0 Å². The first-order valence-electron chi connectivity index (χ1n) is 6.57. The Labute approximate surface area is 122 Å². The van der Waals surface area contributed by atoms with E-state index in [2.05, 4.69) is 0 Å². The van der Waals surface area contributed by atoms with Crippen LogP contribution in [0.15, 0.2) is 24.3 Å². The van der Waals surface area contributed by atoms with E-state index in [1.807, 2.05) is 6.92 Å². The van der Waals surface area contributed by atoms with Crippen LogP contribution >= 0.6 is 0 Å². The molecule has 0 atom stereocenters. The molecule has 7 nitrogen and oxygen atoms in total. The van der Waals surface area contributed by atoms with Crippen molar-refractivity contribution in [3.63, 3.8) is 0 Å². The molecule has 0 aliphatic carbocycles. The number of ether oxygens (including phenoxy) is 2. The molecule has 0 saturated carbocycles. The molecule has 0 saturated heterocycles. The number of esters is 2. The first-order valence-corrected chi connectivity index (χ1v) is 6.57. The van der Waals surface area contributed by atoms with Crippen molar-refractivity contribution in [2.24, 2.45) is 0 Å². The number of hydrogen-bond donors (Lipinski definition) is 0. The third kappa shape index (κ3) is 6.51. The molecule has 0 amide bonds. The number of hydrogen-bond acceptors (Lipinski definition) is 6. The summed E-state index contributed by atoms with van der Waals surface area (Å²) < 4.78 is 9.77. The van der Waals surface area contributed by atoms with Gasteiger partial charge in [-0.1, -0.05) is 19.1 Å². The second-order valence-electron chi connectivity index (χ2n) is 4.31. The highest BCUT2D eigenvalue weighted by Crippen LogP contribution is 2.14. The third-order valence-electron chi connectivity index (χ3n) is 2.52. The number of nitrogens with zero attached hydrogens (tertiary/aromatic N) is 1. The quantitative estimate of drug-likeness (QED) is 0.415. The molecule has 1 aromatic carbocycles. The Kier molecular flexibility index (Phi) is 6.86. The van der Waals surface area contributed by atoms with Gasteiger partial charge in [-0.3, -0.25) is 19.7 Å². The number of rotatable bonds is 8. The minimum atomic E-state index is -0.546. The van der Waals surface area contributed by atoms with Crippen molar-refractivity contribution >= 4 is 17.6 Å². The van der Waals surface area contributed by atoms with Gasteiger partial charge in [0.1, 0.15) is 6.61 Å². The second-order valence-corrected chi connectivity index (χ2v) is 4.31. The van der Waals surface area contributed by atoms with Gasteiger partial charge in [0.25, 0.3) is 5.69 Å². The predicted molar refractivity (Wildman–Crippen MR) is 73.4 cm³/mol. The van der Waals surface area contributed by atoms with Crippen LogP contribution in [0.2, 0.25) is 0 Å². The van der Waals surface area contributed by atoms with E-state index in [4.69, 9.17) is 9.47 Å². The lowest BCUT2D eigenvalue weighted by molar-refractivity contribution is -0.384. The molecule has 1 rings (SSSR count). The number of carbonyl (C=O) groups excluding carboxylic acids is 2. The summed E-state index contributed by atoms with van der Waals surface area (Å²) in [7, 11) is 0. The maximum absolute atomic E-state index is 11.4. The summed E-state index contributed by atoms with van der Waals surface area (Å²) in [5, 5.41) is 10.6. The van der Waals surface area contributed by atoms with E-state index in [-0.39, 0.29) is 25.1 Å². The lowest BCUT2D eigenvalue weighted by Gasteiger charge is -2.05. The molecular weight excluding hydrogens is 278 g/mol. The van der Waals surface area contributed by atoms with Crippen LogP contribution in [-0.2, 0) is 25.7 Å². The maximum atomic E-state index is 11.4. The molecule has 114 valence electrons. The van der Waals surface area contributed by atoms with Crippen molar-refractivity contribution in [2.75, 3.05) is 6.61 Å². The highest BCUT2D eigenvalue weighted by atomic mass is 16.6. The molecule has 0 fully saturated rings. The van der Waals surface area contributed by atoms with Crippen LogP contribution in [0.1, 0.15) is 31.7 Å². The van der Waals surface area contributed by atoms with Crippen LogP contribution in [0.4, 0.5) is 5.69 Å². The Bertz CT molecular complexity index is 514. The molecule has 0 radical (unpaired) electrons. The van der Waals surface area contributed by atoms with E-state index < -0.39 is 16.9 Å². The van der Waals surface area contributed by atoms with E-state index in [9.17, 15) is 19.7 Å². The monoisotopic (exact) mass is 295 g/mol. The smallest absolute Gasteiger partial charge is 0.306 e. The van der Waals surface area contributed by atoms with Crippen LogP contribution in [0.3, 0.4) is 0 Å². The first-order chi connectivity index (χ1) is 10.0. The van der Waals surface area contributed by atoms with Gasteiger partial charge in [-0.2, -0.15) is 0 Å². The molecule has 0 heterocycles. The normalized spacial score (nSPS) is 9.95. The van der Waals surface area contributed by atoms with Gasteiger partial charge in [-0.15, -0.1) is 0 Å². The zero-order valence-corrected chi connectivity index (χ0v) is 11.7. The molecule has 0 bridgehead atoms. The molecule has 7 heteroatoms. The van der Waals surface area contributed by atoms with Crippen molar-refractivity contribution in [3.05, 3.63) is 39.9 Å². The van der Waals surface area contributed by atoms with Gasteiger partial charge in [-0.05, 0) is 12.0 Å². The predicted octanol–water partition coefficient (Wildman–Crippen LogP) is 2.37. The Morgan fingerprint density at radius 3 is 2.48 bits per heavy atom. The van der Waals surface area contributed by atoms with Crippen LogP contribution in [0.25, 0.3) is 0 Å². The molecule has 0 unspecified atom stereocenters. The Morgan fingerprint density at radius 2 is 1.86 bits per heavy atom. The van der Waals surface area contributed by atoms with E-state index in [0.29, 0.717) is 12.2 Å². The Morgan fingerprint density at radius 1 is 1.19 bits per heavy atom. The van der Waals surface area contributed by atoms with Gasteiger partial charge in [0.15, 0.2) is 0 Å². The number of non-ortho nitro benzene ring substituents is 1. The van der Waals surface area contributed by atoms with Crippen LogP contribution in [0, 0.1) is 10.1 Å². The summed E-state index contributed by atoms with van der Waals surface area (Å²) in [6, 6.07) is 5.83. The number of carbonyl (C=O) groups is 2. The fourth-order valence-corrected chi connectivity index (χ4v) is 1.49. The SMILES string of the molecule is CCCOC(=O)CCC(=O)OCc1cccc([N+](=O)[O-])c1. The minimum Gasteiger partial charge on any atom is -0.466 e. The fraction of sp³-hybridized carbons (Fsp3) is 0.429. The summed E-state index contributed by atoms with van der Waals surface area (Å²) in [5.74, 6) is -0.987. The van der Waals surface area contributed by atoms with Gasteiger partial charge in [-0.25, -0.2) is 0 Å². The number of nitro groups is 1. The molecule has 0 spiro atoms. The molecule has 0 aliphatic heterocycles. The average Bonchev–Trinajstić information content (AvgIpc) is 2.49. The van der Waals surface area contributed by atoms with Gasteiger partial charge in [0.05, 0.1) is 24.4 Å². The highest BCUT2D eigenvalue weighted by molar-refractivity contribution is 5.77. The van der Waals surface area contributed by atoms with Gasteiger partial charge >= 0.3 is 11.9 Å².